The van der Waals surface area contributed by atoms with Crippen LogP contribution in [0.5, 0.6) is 11.5 Å². The van der Waals surface area contributed by atoms with Crippen LogP contribution < -0.4 is 14.8 Å². The summed E-state index contributed by atoms with van der Waals surface area (Å²) in [7, 11) is 1.61. The van der Waals surface area contributed by atoms with E-state index in [0.717, 1.165) is 11.3 Å². The van der Waals surface area contributed by atoms with Gasteiger partial charge in [-0.15, -0.1) is 0 Å². The Morgan fingerprint density at radius 3 is 2.38 bits per heavy atom. The highest BCUT2D eigenvalue weighted by atomic mass is 19.1. The van der Waals surface area contributed by atoms with E-state index in [9.17, 15) is 9.18 Å². The van der Waals surface area contributed by atoms with Crippen molar-refractivity contribution in [3.05, 3.63) is 59.9 Å². The third-order valence-electron chi connectivity index (χ3n) is 3.65. The summed E-state index contributed by atoms with van der Waals surface area (Å²) < 4.78 is 23.9. The molecule has 0 radical (unpaired) electrons. The molecule has 4 nitrogen and oxygen atoms in total. The van der Waals surface area contributed by atoms with Crippen LogP contribution in [-0.2, 0) is 4.79 Å². The van der Waals surface area contributed by atoms with E-state index >= 15 is 0 Å². The monoisotopic (exact) mass is 331 g/mol. The second-order valence-corrected chi connectivity index (χ2v) is 5.78. The van der Waals surface area contributed by atoms with Gasteiger partial charge in [0.25, 0.3) is 5.91 Å². The van der Waals surface area contributed by atoms with Crippen LogP contribution in [0.2, 0.25) is 0 Å². The smallest absolute Gasteiger partial charge is 0.258 e. The number of hydrogen-bond donors (Lipinski definition) is 1. The molecule has 0 fully saturated rings. The minimum absolute atomic E-state index is 0.0678. The van der Waals surface area contributed by atoms with E-state index in [2.05, 4.69) is 5.32 Å². The number of carbonyl (C=O) groups is 1. The number of nitrogens with one attached hydrogen (secondary N) is 1. The zero-order chi connectivity index (χ0) is 17.5. The highest BCUT2D eigenvalue weighted by molar-refractivity contribution is 5.78. The predicted molar refractivity (Wildman–Crippen MR) is 90.6 cm³/mol. The van der Waals surface area contributed by atoms with Crippen molar-refractivity contribution >= 4 is 5.91 Å². The molecule has 24 heavy (non-hydrogen) atoms. The van der Waals surface area contributed by atoms with Crippen molar-refractivity contribution in [3.8, 4) is 11.5 Å². The van der Waals surface area contributed by atoms with E-state index in [4.69, 9.17) is 9.47 Å². The molecule has 0 heterocycles. The van der Waals surface area contributed by atoms with Crippen LogP contribution in [0.4, 0.5) is 4.39 Å². The van der Waals surface area contributed by atoms with E-state index in [1.807, 2.05) is 38.1 Å². The van der Waals surface area contributed by atoms with Gasteiger partial charge in [-0.2, -0.15) is 0 Å². The summed E-state index contributed by atoms with van der Waals surface area (Å²) in [5.74, 6) is 0.234. The van der Waals surface area contributed by atoms with Gasteiger partial charge in [-0.3, -0.25) is 4.79 Å². The topological polar surface area (TPSA) is 47.6 Å². The van der Waals surface area contributed by atoms with Crippen LogP contribution in [-0.4, -0.2) is 19.6 Å². The van der Waals surface area contributed by atoms with Gasteiger partial charge in [-0.25, -0.2) is 4.39 Å². The molecule has 2 aromatic rings. The lowest BCUT2D eigenvalue weighted by atomic mass is 9.96. The van der Waals surface area contributed by atoms with Crippen molar-refractivity contribution in [2.75, 3.05) is 13.7 Å². The van der Waals surface area contributed by atoms with Crippen molar-refractivity contribution in [3.63, 3.8) is 0 Å². The Balaban J connectivity index is 1.99. The number of methoxy groups -OCH3 is 1. The zero-order valence-electron chi connectivity index (χ0n) is 14.1. The van der Waals surface area contributed by atoms with Gasteiger partial charge in [0, 0.05) is 0 Å². The van der Waals surface area contributed by atoms with E-state index in [0.29, 0.717) is 0 Å². The molecule has 0 saturated heterocycles. The van der Waals surface area contributed by atoms with Crippen molar-refractivity contribution in [1.82, 2.24) is 5.32 Å². The van der Waals surface area contributed by atoms with Gasteiger partial charge >= 0.3 is 0 Å². The molecule has 0 aliphatic carbocycles. The molecule has 0 spiro atoms. The Morgan fingerprint density at radius 1 is 1.12 bits per heavy atom. The average Bonchev–Trinajstić information content (AvgIpc) is 2.59. The largest absolute Gasteiger partial charge is 0.497 e. The molecule has 0 aliphatic heterocycles. The summed E-state index contributed by atoms with van der Waals surface area (Å²) >= 11 is 0. The summed E-state index contributed by atoms with van der Waals surface area (Å²) in [5.41, 5.74) is 0.977. The van der Waals surface area contributed by atoms with Gasteiger partial charge in [0.1, 0.15) is 5.75 Å². The standard InChI is InChI=1S/C19H22FNO3/c1-13(2)19(14-8-10-15(23-3)11-9-14)21-18(22)12-24-17-7-5-4-6-16(17)20/h4-11,13,19H,12H2,1-3H3,(H,21,22)/t19-/m1/s1. The molecule has 5 heteroatoms. The summed E-state index contributed by atoms with van der Waals surface area (Å²) in [6, 6.07) is 13.4. The Kier molecular flexibility index (Phi) is 6.18. The van der Waals surface area contributed by atoms with E-state index in [-0.39, 0.29) is 30.2 Å². The SMILES string of the molecule is COc1ccc([C@H](NC(=O)COc2ccccc2F)C(C)C)cc1. The van der Waals surface area contributed by atoms with Crippen LogP contribution in [0.15, 0.2) is 48.5 Å². The Morgan fingerprint density at radius 2 is 1.79 bits per heavy atom. The number of hydrogen-bond acceptors (Lipinski definition) is 3. The fourth-order valence-corrected chi connectivity index (χ4v) is 2.37. The maximum absolute atomic E-state index is 13.5. The average molecular weight is 331 g/mol. The predicted octanol–water partition coefficient (Wildman–Crippen LogP) is 3.73. The molecule has 0 bridgehead atoms. The highest BCUT2D eigenvalue weighted by Crippen LogP contribution is 2.24. The van der Waals surface area contributed by atoms with Crippen LogP contribution in [0, 0.1) is 11.7 Å². The Hall–Kier alpha value is -2.56. The third kappa shape index (κ3) is 4.72. The summed E-state index contributed by atoms with van der Waals surface area (Å²) in [4.78, 5) is 12.2. The first kappa shape index (κ1) is 17.8. The van der Waals surface area contributed by atoms with Gasteiger partial charge in [0.2, 0.25) is 0 Å². The third-order valence-corrected chi connectivity index (χ3v) is 3.65. The lowest BCUT2D eigenvalue weighted by Crippen LogP contribution is -2.35. The quantitative estimate of drug-likeness (QED) is 0.841. The molecule has 1 amide bonds. The number of halogens is 1. The first-order valence-electron chi connectivity index (χ1n) is 7.82. The van der Waals surface area contributed by atoms with Crippen LogP contribution >= 0.6 is 0 Å². The molecule has 1 N–H and O–H groups in total. The van der Waals surface area contributed by atoms with E-state index in [1.165, 1.54) is 12.1 Å². The molecule has 0 unspecified atom stereocenters. The van der Waals surface area contributed by atoms with Gasteiger partial charge < -0.3 is 14.8 Å². The first-order valence-corrected chi connectivity index (χ1v) is 7.82. The minimum atomic E-state index is -0.485. The maximum Gasteiger partial charge on any atom is 0.258 e. The lowest BCUT2D eigenvalue weighted by molar-refractivity contribution is -0.124. The number of benzene rings is 2. The maximum atomic E-state index is 13.5. The molecule has 2 rings (SSSR count). The summed E-state index contributed by atoms with van der Waals surface area (Å²) in [5, 5.41) is 2.93. The number of ether oxygens (including phenoxy) is 2. The van der Waals surface area contributed by atoms with Gasteiger partial charge in [0.05, 0.1) is 13.2 Å². The van der Waals surface area contributed by atoms with Gasteiger partial charge in [0.15, 0.2) is 18.2 Å². The fraction of sp³-hybridized carbons (Fsp3) is 0.316. The normalized spacial score (nSPS) is 11.9. The Labute approximate surface area is 141 Å². The molecule has 1 atom stereocenters. The number of carbonyl (C=O) groups excluding carboxylic acids is 1. The first-order chi connectivity index (χ1) is 11.5. The molecular weight excluding hydrogens is 309 g/mol. The van der Waals surface area contributed by atoms with Gasteiger partial charge in [-0.05, 0) is 35.7 Å². The molecule has 2 aromatic carbocycles. The van der Waals surface area contributed by atoms with Gasteiger partial charge in [-0.1, -0.05) is 38.1 Å². The molecule has 0 aromatic heterocycles. The van der Waals surface area contributed by atoms with E-state index in [1.54, 1.807) is 19.2 Å². The molecule has 0 aliphatic rings. The second kappa shape index (κ2) is 8.34. The molecule has 0 saturated carbocycles. The number of rotatable bonds is 7. The van der Waals surface area contributed by atoms with Crippen molar-refractivity contribution in [2.24, 2.45) is 5.92 Å². The fourth-order valence-electron chi connectivity index (χ4n) is 2.37. The van der Waals surface area contributed by atoms with Crippen LogP contribution in [0.3, 0.4) is 0 Å². The van der Waals surface area contributed by atoms with Crippen molar-refractivity contribution in [2.45, 2.75) is 19.9 Å². The summed E-state index contributed by atoms with van der Waals surface area (Å²) in [6.45, 7) is 3.81. The minimum Gasteiger partial charge on any atom is -0.497 e. The number of amides is 1. The van der Waals surface area contributed by atoms with Crippen LogP contribution in [0.25, 0.3) is 0 Å². The van der Waals surface area contributed by atoms with Crippen molar-refractivity contribution < 1.29 is 18.7 Å². The summed E-state index contributed by atoms with van der Waals surface area (Å²) in [6.07, 6.45) is 0. The van der Waals surface area contributed by atoms with E-state index < -0.39 is 5.82 Å². The lowest BCUT2D eigenvalue weighted by Gasteiger charge is -2.23. The van der Waals surface area contributed by atoms with Crippen molar-refractivity contribution in [1.29, 1.82) is 0 Å². The zero-order valence-corrected chi connectivity index (χ0v) is 14.1. The molecular formula is C19H22FNO3. The van der Waals surface area contributed by atoms with Crippen LogP contribution in [0.1, 0.15) is 25.5 Å². The molecule has 128 valence electrons. The second-order valence-electron chi connectivity index (χ2n) is 5.78. The Bertz CT molecular complexity index is 671. The number of para-hydroxylation sites is 1. The highest BCUT2D eigenvalue weighted by Gasteiger charge is 2.19.